The van der Waals surface area contributed by atoms with Crippen LogP contribution in [-0.4, -0.2) is 17.4 Å². The minimum atomic E-state index is -0.227. The summed E-state index contributed by atoms with van der Waals surface area (Å²) < 4.78 is 14.4. The zero-order valence-electron chi connectivity index (χ0n) is 20.7. The Morgan fingerprint density at radius 2 is 1.97 bits per heavy atom. The number of aromatic nitrogens is 1. The first kappa shape index (κ1) is 23.2. The number of hydrogen-bond donors (Lipinski definition) is 0. The van der Waals surface area contributed by atoms with Crippen LogP contribution < -0.4 is 4.90 Å². The van der Waals surface area contributed by atoms with Gasteiger partial charge < -0.3 is 4.90 Å². The molecule has 0 saturated heterocycles. The van der Waals surface area contributed by atoms with Crippen LogP contribution in [0.1, 0.15) is 86.6 Å². The Balaban J connectivity index is 1.54. The molecule has 3 aromatic rings. The lowest BCUT2D eigenvalue weighted by Crippen LogP contribution is -2.33. The van der Waals surface area contributed by atoms with Crippen molar-refractivity contribution in [3.8, 4) is 10.6 Å². The Morgan fingerprint density at radius 3 is 2.68 bits per heavy atom. The van der Waals surface area contributed by atoms with Crippen molar-refractivity contribution in [1.29, 1.82) is 0 Å². The molecule has 2 aliphatic rings. The second-order valence-corrected chi connectivity index (χ2v) is 11.9. The maximum Gasteiger partial charge on any atom is 0.235 e. The van der Waals surface area contributed by atoms with E-state index in [4.69, 9.17) is 4.98 Å². The highest BCUT2D eigenvalue weighted by Gasteiger charge is 2.43. The van der Waals surface area contributed by atoms with Crippen LogP contribution in [0.2, 0.25) is 0 Å². The average Bonchev–Trinajstić information content (AvgIpc) is 3.32. The van der Waals surface area contributed by atoms with Crippen LogP contribution in [0.4, 0.5) is 10.1 Å². The molecule has 1 aromatic heterocycles. The number of amides is 1. The number of carbonyl (C=O) groups excluding carboxylic acids is 1. The Labute approximate surface area is 206 Å². The maximum atomic E-state index is 14.4. The monoisotopic (exact) mass is 476 g/mol. The van der Waals surface area contributed by atoms with Crippen molar-refractivity contribution in [3.05, 3.63) is 69.5 Å². The first-order chi connectivity index (χ1) is 16.2. The first-order valence-corrected chi connectivity index (χ1v) is 13.2. The number of nitrogens with zero attached hydrogens (tertiary/aromatic N) is 2. The Morgan fingerprint density at radius 1 is 1.18 bits per heavy atom. The Kier molecular flexibility index (Phi) is 5.87. The van der Waals surface area contributed by atoms with Gasteiger partial charge in [0, 0.05) is 22.7 Å². The zero-order valence-corrected chi connectivity index (χ0v) is 21.6. The van der Waals surface area contributed by atoms with E-state index < -0.39 is 0 Å². The van der Waals surface area contributed by atoms with Gasteiger partial charge in [-0.1, -0.05) is 39.8 Å². The summed E-state index contributed by atoms with van der Waals surface area (Å²) in [6.45, 7) is 11.3. The molecular weight excluding hydrogens is 443 g/mol. The minimum Gasteiger partial charge on any atom is -0.312 e. The van der Waals surface area contributed by atoms with Crippen LogP contribution >= 0.6 is 11.3 Å². The van der Waals surface area contributed by atoms with Crippen LogP contribution in [0.5, 0.6) is 0 Å². The summed E-state index contributed by atoms with van der Waals surface area (Å²) in [6.07, 6.45) is 4.04. The normalized spacial score (nSPS) is 19.9. The number of carbonyl (C=O) groups is 1. The van der Waals surface area contributed by atoms with E-state index in [1.165, 1.54) is 23.4 Å². The lowest BCUT2D eigenvalue weighted by atomic mass is 9.77. The molecule has 2 unspecified atom stereocenters. The summed E-state index contributed by atoms with van der Waals surface area (Å²) in [4.78, 5) is 21.4. The van der Waals surface area contributed by atoms with Gasteiger partial charge >= 0.3 is 0 Å². The maximum absolute atomic E-state index is 14.4. The number of benzene rings is 2. The first-order valence-electron chi connectivity index (χ1n) is 12.4. The highest BCUT2D eigenvalue weighted by molar-refractivity contribution is 7.15. The molecule has 0 fully saturated rings. The fraction of sp³-hybridized carbons (Fsp3) is 0.448. The van der Waals surface area contributed by atoms with E-state index in [2.05, 4.69) is 45.9 Å². The molecule has 5 rings (SSSR count). The Bertz CT molecular complexity index is 1260. The van der Waals surface area contributed by atoms with Crippen molar-refractivity contribution in [2.75, 3.05) is 11.4 Å². The summed E-state index contributed by atoms with van der Waals surface area (Å²) in [7, 11) is 0. The average molecular weight is 477 g/mol. The molecule has 5 heteroatoms. The van der Waals surface area contributed by atoms with Gasteiger partial charge in [0.1, 0.15) is 10.8 Å². The SMILES string of the molecule is CCN1C(=O)C(C(C)(C)C)c2cc(Cc3cc(F)ccc3-c3nc4c(s3)C(C)CCC4)ccc21. The van der Waals surface area contributed by atoms with E-state index in [9.17, 15) is 9.18 Å². The quantitative estimate of drug-likeness (QED) is 0.391. The lowest BCUT2D eigenvalue weighted by molar-refractivity contribution is -0.121. The van der Waals surface area contributed by atoms with Crippen LogP contribution in [-0.2, 0) is 17.6 Å². The van der Waals surface area contributed by atoms with Crippen molar-refractivity contribution in [1.82, 2.24) is 4.98 Å². The van der Waals surface area contributed by atoms with Gasteiger partial charge in [-0.05, 0) is 84.9 Å². The number of hydrogen-bond acceptors (Lipinski definition) is 3. The number of aryl methyl sites for hydroxylation is 1. The lowest BCUT2D eigenvalue weighted by Gasteiger charge is -2.26. The molecule has 0 spiro atoms. The molecule has 1 amide bonds. The second-order valence-electron chi connectivity index (χ2n) is 10.9. The highest BCUT2D eigenvalue weighted by Crippen LogP contribution is 2.47. The molecule has 3 nitrogen and oxygen atoms in total. The molecule has 178 valence electrons. The van der Waals surface area contributed by atoms with E-state index in [1.807, 2.05) is 17.9 Å². The number of thiazole rings is 1. The van der Waals surface area contributed by atoms with Crippen LogP contribution in [0.25, 0.3) is 10.6 Å². The van der Waals surface area contributed by atoms with Crippen LogP contribution in [0.3, 0.4) is 0 Å². The van der Waals surface area contributed by atoms with E-state index in [0.717, 1.165) is 39.4 Å². The van der Waals surface area contributed by atoms with Crippen molar-refractivity contribution in [3.63, 3.8) is 0 Å². The van der Waals surface area contributed by atoms with Gasteiger partial charge in [-0.25, -0.2) is 9.37 Å². The number of likely N-dealkylation sites (N-methyl/N-ethyl adjacent to an activating group) is 1. The molecular formula is C29H33FN2OS. The van der Waals surface area contributed by atoms with Crippen LogP contribution in [0.15, 0.2) is 36.4 Å². The smallest absolute Gasteiger partial charge is 0.235 e. The number of halogens is 1. The van der Waals surface area contributed by atoms with Crippen molar-refractivity contribution >= 4 is 22.9 Å². The second kappa shape index (κ2) is 8.60. The molecule has 0 bridgehead atoms. The fourth-order valence-electron chi connectivity index (χ4n) is 5.65. The summed E-state index contributed by atoms with van der Waals surface area (Å²) >= 11 is 1.77. The molecule has 1 aliphatic heterocycles. The van der Waals surface area contributed by atoms with E-state index in [0.29, 0.717) is 18.9 Å². The summed E-state index contributed by atoms with van der Waals surface area (Å²) in [5.41, 5.74) is 6.22. The molecule has 0 radical (unpaired) electrons. The largest absolute Gasteiger partial charge is 0.312 e. The summed E-state index contributed by atoms with van der Waals surface area (Å²) in [5.74, 6) is 0.330. The molecule has 2 atom stereocenters. The molecule has 2 aromatic carbocycles. The third-order valence-corrected chi connectivity index (χ3v) is 8.67. The molecule has 0 saturated carbocycles. The van der Waals surface area contributed by atoms with Crippen LogP contribution in [0, 0.1) is 11.2 Å². The van der Waals surface area contributed by atoms with E-state index in [-0.39, 0.29) is 23.1 Å². The van der Waals surface area contributed by atoms with Gasteiger partial charge in [0.05, 0.1) is 11.6 Å². The minimum absolute atomic E-state index is 0.165. The van der Waals surface area contributed by atoms with Crippen molar-refractivity contribution in [2.45, 2.75) is 72.1 Å². The molecule has 34 heavy (non-hydrogen) atoms. The van der Waals surface area contributed by atoms with E-state index in [1.54, 1.807) is 23.5 Å². The molecule has 1 aliphatic carbocycles. The van der Waals surface area contributed by atoms with E-state index >= 15 is 0 Å². The zero-order chi connectivity index (χ0) is 24.2. The van der Waals surface area contributed by atoms with Gasteiger partial charge in [-0.2, -0.15) is 0 Å². The van der Waals surface area contributed by atoms with Gasteiger partial charge in [0.2, 0.25) is 5.91 Å². The van der Waals surface area contributed by atoms with Crippen molar-refractivity contribution in [2.24, 2.45) is 5.41 Å². The Hall–Kier alpha value is -2.53. The third-order valence-electron chi connectivity index (χ3n) is 7.31. The van der Waals surface area contributed by atoms with Gasteiger partial charge in [-0.3, -0.25) is 4.79 Å². The number of rotatable bonds is 4. The predicted octanol–water partition coefficient (Wildman–Crippen LogP) is 7.48. The highest BCUT2D eigenvalue weighted by atomic mass is 32.1. The van der Waals surface area contributed by atoms with Gasteiger partial charge in [0.25, 0.3) is 0 Å². The molecule has 2 heterocycles. The topological polar surface area (TPSA) is 33.2 Å². The van der Waals surface area contributed by atoms with Crippen molar-refractivity contribution < 1.29 is 9.18 Å². The number of anilines is 1. The van der Waals surface area contributed by atoms with Gasteiger partial charge in [0.15, 0.2) is 0 Å². The molecule has 0 N–H and O–H groups in total. The fourth-order valence-corrected chi connectivity index (χ4v) is 6.91. The van der Waals surface area contributed by atoms with Gasteiger partial charge in [-0.15, -0.1) is 11.3 Å². The summed E-state index contributed by atoms with van der Waals surface area (Å²) in [5, 5.41) is 0.995. The third kappa shape index (κ3) is 3.98. The standard InChI is InChI=1S/C29H33FN2OS/c1-6-32-24-13-10-18(15-22(24)25(28(32)33)29(3,4)5)14-19-16-20(30)11-12-21(19)27-31-23-9-7-8-17(2)26(23)34-27/h10-13,15-17,25H,6-9,14H2,1-5H3. The number of fused-ring (bicyclic) bond motifs is 2. The predicted molar refractivity (Wildman–Crippen MR) is 138 cm³/mol. The summed E-state index contributed by atoms with van der Waals surface area (Å²) in [6, 6.07) is 11.4.